The van der Waals surface area contributed by atoms with Gasteiger partial charge in [-0.3, -0.25) is 0 Å². The molecule has 0 spiro atoms. The molecule has 0 heterocycles. The minimum atomic E-state index is -2.06. The molecule has 0 saturated heterocycles. The molecule has 0 aliphatic rings. The number of halogens is 7. The van der Waals surface area contributed by atoms with E-state index in [4.69, 9.17) is 81.2 Å². The van der Waals surface area contributed by atoms with Gasteiger partial charge < -0.3 is 0 Å². The summed E-state index contributed by atoms with van der Waals surface area (Å²) in [5, 5.41) is 0. The van der Waals surface area contributed by atoms with E-state index in [1.165, 1.54) is 0 Å². The zero-order valence-corrected chi connectivity index (χ0v) is 14.3. The Balaban J connectivity index is 3.37. The van der Waals surface area contributed by atoms with Crippen LogP contribution in [0.25, 0.3) is 0 Å². The first-order chi connectivity index (χ1) is 8.05. The summed E-state index contributed by atoms with van der Waals surface area (Å²) < 4.78 is -5.86. The van der Waals surface area contributed by atoms with Crippen LogP contribution in [0.5, 0.6) is 0 Å². The third-order valence-electron chi connectivity index (χ3n) is 2.36. The Morgan fingerprint density at radius 2 is 1.39 bits per heavy atom. The molecule has 1 aromatic rings. The minimum Gasteiger partial charge on any atom is -0.0930 e. The van der Waals surface area contributed by atoms with E-state index in [0.717, 1.165) is 5.56 Å². The molecule has 1 radical (unpaired) electrons. The normalized spacial score (nSPS) is 13.8. The van der Waals surface area contributed by atoms with E-state index in [2.05, 4.69) is 0 Å². The lowest BCUT2D eigenvalue weighted by atomic mass is 10.00. The lowest BCUT2D eigenvalue weighted by molar-refractivity contribution is 0.695. The summed E-state index contributed by atoms with van der Waals surface area (Å²) in [6.45, 7) is 1.82. The van der Waals surface area contributed by atoms with Crippen molar-refractivity contribution in [3.05, 3.63) is 41.8 Å². The summed E-state index contributed by atoms with van der Waals surface area (Å²) in [5.41, 5.74) is 1.22. The maximum Gasteiger partial charge on any atom is 0.226 e. The molecule has 0 fully saturated rings. The van der Waals surface area contributed by atoms with Crippen LogP contribution in [0.3, 0.4) is 0 Å². The third-order valence-corrected chi connectivity index (χ3v) is 6.29. The van der Waals surface area contributed by atoms with E-state index < -0.39 is 12.5 Å². The Hall–Kier alpha value is 1.25. The van der Waals surface area contributed by atoms with Crippen LogP contribution in [0, 0.1) is 6.42 Å². The van der Waals surface area contributed by atoms with E-state index in [-0.39, 0.29) is 0 Å². The van der Waals surface area contributed by atoms with Gasteiger partial charge in [0.1, 0.15) is 0 Å². The van der Waals surface area contributed by atoms with Crippen LogP contribution >= 0.6 is 81.2 Å². The standard InChI is InChI=1S/C11H8Cl7/c1-2-7-5-3-4-6-8(7)9(12,13)10(14,15)11(16,17)18/h2-6H,1H3. The Morgan fingerprint density at radius 1 is 0.889 bits per heavy atom. The molecule has 0 nitrogen and oxygen atoms in total. The Kier molecular flexibility index (Phi) is 5.70. The molecule has 0 saturated carbocycles. The molecule has 0 aromatic heterocycles. The van der Waals surface area contributed by atoms with Gasteiger partial charge in [-0.15, -0.1) is 0 Å². The molecule has 18 heavy (non-hydrogen) atoms. The number of hydrogen-bond acceptors (Lipinski definition) is 0. The molecule has 0 atom stereocenters. The predicted molar refractivity (Wildman–Crippen MR) is 83.6 cm³/mol. The topological polar surface area (TPSA) is 0 Å². The summed E-state index contributed by atoms with van der Waals surface area (Å²) in [4.78, 5) is 0. The van der Waals surface area contributed by atoms with Crippen LogP contribution in [-0.4, -0.2) is 8.13 Å². The van der Waals surface area contributed by atoms with Gasteiger partial charge in [0.05, 0.1) is 0 Å². The monoisotopic (exact) mass is 385 g/mol. The third kappa shape index (κ3) is 3.11. The average Bonchev–Trinajstić information content (AvgIpc) is 2.27. The van der Waals surface area contributed by atoms with Crippen molar-refractivity contribution in [1.29, 1.82) is 0 Å². The summed E-state index contributed by atoms with van der Waals surface area (Å²) in [7, 11) is 0. The number of alkyl halides is 7. The zero-order chi connectivity index (χ0) is 14.2. The average molecular weight is 388 g/mol. The second-order valence-corrected chi connectivity index (χ2v) is 8.46. The van der Waals surface area contributed by atoms with Crippen LogP contribution in [0.1, 0.15) is 18.1 Å². The van der Waals surface area contributed by atoms with Crippen LogP contribution in [0.2, 0.25) is 0 Å². The maximum atomic E-state index is 6.25. The van der Waals surface area contributed by atoms with Crippen molar-refractivity contribution >= 4 is 81.2 Å². The van der Waals surface area contributed by atoms with Gasteiger partial charge in [0.15, 0.2) is 4.33 Å². The lowest BCUT2D eigenvalue weighted by Gasteiger charge is -2.38. The molecular weight excluding hydrogens is 380 g/mol. The number of rotatable bonds is 3. The van der Waals surface area contributed by atoms with Crippen molar-refractivity contribution < 1.29 is 0 Å². The Morgan fingerprint density at radius 3 is 1.83 bits per heavy atom. The highest BCUT2D eigenvalue weighted by atomic mass is 35.6. The first-order valence-electron chi connectivity index (χ1n) is 4.77. The molecule has 0 unspecified atom stereocenters. The van der Waals surface area contributed by atoms with Gasteiger partial charge in [0, 0.05) is 0 Å². The van der Waals surface area contributed by atoms with E-state index in [1.54, 1.807) is 24.6 Å². The molecule has 0 bridgehead atoms. The molecule has 7 heteroatoms. The van der Waals surface area contributed by atoms with Gasteiger partial charge in [-0.1, -0.05) is 112 Å². The van der Waals surface area contributed by atoms with Crippen LogP contribution in [0.15, 0.2) is 24.3 Å². The van der Waals surface area contributed by atoms with Crippen LogP contribution in [0.4, 0.5) is 0 Å². The summed E-state index contributed by atoms with van der Waals surface area (Å²) >= 11 is 41.8. The highest BCUT2D eigenvalue weighted by molar-refractivity contribution is 6.78. The van der Waals surface area contributed by atoms with E-state index in [1.807, 2.05) is 13.0 Å². The first-order valence-corrected chi connectivity index (χ1v) is 7.41. The van der Waals surface area contributed by atoms with Gasteiger partial charge in [-0.05, 0) is 17.5 Å². The first kappa shape index (κ1) is 17.3. The molecule has 0 aliphatic carbocycles. The van der Waals surface area contributed by atoms with Crippen molar-refractivity contribution in [3.8, 4) is 0 Å². The molecule has 0 N–H and O–H groups in total. The number of benzene rings is 1. The largest absolute Gasteiger partial charge is 0.226 e. The van der Waals surface area contributed by atoms with Crippen molar-refractivity contribution in [3.63, 3.8) is 0 Å². The second-order valence-electron chi connectivity index (χ2n) is 3.52. The zero-order valence-electron chi connectivity index (χ0n) is 9.03. The van der Waals surface area contributed by atoms with Gasteiger partial charge in [0.2, 0.25) is 8.13 Å². The van der Waals surface area contributed by atoms with Crippen molar-refractivity contribution in [2.45, 2.75) is 19.4 Å². The fourth-order valence-electron chi connectivity index (χ4n) is 1.38. The SMILES string of the molecule is C[CH]c1ccccc1C(Cl)(Cl)C(Cl)(Cl)C(Cl)(Cl)Cl. The van der Waals surface area contributed by atoms with Gasteiger partial charge in [0.25, 0.3) is 0 Å². The quantitative estimate of drug-likeness (QED) is 0.523. The molecule has 101 valence electrons. The highest BCUT2D eigenvalue weighted by Crippen LogP contribution is 2.61. The van der Waals surface area contributed by atoms with Crippen molar-refractivity contribution in [2.75, 3.05) is 0 Å². The molecule has 1 rings (SSSR count). The molecule has 0 amide bonds. The highest BCUT2D eigenvalue weighted by Gasteiger charge is 2.61. The van der Waals surface area contributed by atoms with E-state index in [9.17, 15) is 0 Å². The summed E-state index contributed by atoms with van der Waals surface area (Å²) in [6, 6.07) is 7.04. The molecule has 0 aliphatic heterocycles. The minimum absolute atomic E-state index is 0.465. The second kappa shape index (κ2) is 5.93. The Labute approximate surface area is 141 Å². The van der Waals surface area contributed by atoms with Crippen molar-refractivity contribution in [1.82, 2.24) is 0 Å². The predicted octanol–water partition coefficient (Wildman–Crippen LogP) is 6.43. The molecule has 1 aromatic carbocycles. The van der Waals surface area contributed by atoms with E-state index >= 15 is 0 Å². The Bertz CT molecular complexity index is 420. The summed E-state index contributed by atoms with van der Waals surface area (Å²) in [6.07, 6.45) is 1.80. The fourth-order valence-corrected chi connectivity index (χ4v) is 2.93. The summed E-state index contributed by atoms with van der Waals surface area (Å²) in [5.74, 6) is 0. The smallest absolute Gasteiger partial charge is 0.0930 e. The lowest BCUT2D eigenvalue weighted by Crippen LogP contribution is -2.45. The van der Waals surface area contributed by atoms with Gasteiger partial charge >= 0.3 is 0 Å². The fraction of sp³-hybridized carbons (Fsp3) is 0.364. The molecular formula is C11H8Cl7. The van der Waals surface area contributed by atoms with Crippen LogP contribution in [-0.2, 0) is 4.33 Å². The van der Waals surface area contributed by atoms with Crippen molar-refractivity contribution in [2.24, 2.45) is 0 Å². The van der Waals surface area contributed by atoms with Crippen LogP contribution < -0.4 is 0 Å². The number of hydrogen-bond donors (Lipinski definition) is 0. The van der Waals surface area contributed by atoms with Gasteiger partial charge in [-0.25, -0.2) is 0 Å². The maximum absolute atomic E-state index is 6.25. The van der Waals surface area contributed by atoms with E-state index in [0.29, 0.717) is 5.56 Å². The van der Waals surface area contributed by atoms with Gasteiger partial charge in [-0.2, -0.15) is 0 Å².